The molecule has 0 aliphatic carbocycles. The standard InChI is InChI=1S/C17H25FN4O2/c1-12(9-19)10-20-16(23)13-5-4-8-22(11-13)17(24)21-15-7-3-2-6-14(15)18/h2-3,6-7,12-13H,4-5,8-11,19H2,1H3,(H,20,23)(H,21,24). The second-order valence-corrected chi connectivity index (χ2v) is 6.28. The minimum atomic E-state index is -0.479. The van der Waals surface area contributed by atoms with Crippen LogP contribution in [0.15, 0.2) is 24.3 Å². The number of halogens is 1. The summed E-state index contributed by atoms with van der Waals surface area (Å²) in [5.41, 5.74) is 5.69. The van der Waals surface area contributed by atoms with Crippen LogP contribution in [0.2, 0.25) is 0 Å². The fraction of sp³-hybridized carbons (Fsp3) is 0.529. The predicted molar refractivity (Wildman–Crippen MR) is 90.9 cm³/mol. The fourth-order valence-corrected chi connectivity index (χ4v) is 2.63. The van der Waals surface area contributed by atoms with Crippen molar-refractivity contribution in [1.29, 1.82) is 0 Å². The number of benzene rings is 1. The summed E-state index contributed by atoms with van der Waals surface area (Å²) in [5, 5.41) is 5.45. The summed E-state index contributed by atoms with van der Waals surface area (Å²) in [7, 11) is 0. The fourth-order valence-electron chi connectivity index (χ4n) is 2.63. The quantitative estimate of drug-likeness (QED) is 0.766. The number of anilines is 1. The molecule has 6 nitrogen and oxygen atoms in total. The average Bonchev–Trinajstić information content (AvgIpc) is 2.61. The summed E-state index contributed by atoms with van der Waals surface area (Å²) >= 11 is 0. The molecule has 1 saturated heterocycles. The number of para-hydroxylation sites is 1. The molecular weight excluding hydrogens is 311 g/mol. The van der Waals surface area contributed by atoms with E-state index in [0.717, 1.165) is 12.8 Å². The van der Waals surface area contributed by atoms with Crippen molar-refractivity contribution in [1.82, 2.24) is 10.2 Å². The van der Waals surface area contributed by atoms with Crippen LogP contribution in [0.4, 0.5) is 14.9 Å². The molecular formula is C17H25FN4O2. The van der Waals surface area contributed by atoms with Crippen LogP contribution in [0, 0.1) is 17.7 Å². The maximum atomic E-state index is 13.6. The van der Waals surface area contributed by atoms with Crippen molar-refractivity contribution in [3.8, 4) is 0 Å². The predicted octanol–water partition coefficient (Wildman–Crippen LogP) is 1.78. The number of hydrogen-bond acceptors (Lipinski definition) is 3. The third-order valence-electron chi connectivity index (χ3n) is 4.22. The zero-order chi connectivity index (χ0) is 17.5. The van der Waals surface area contributed by atoms with Crippen LogP contribution in [0.3, 0.4) is 0 Å². The number of nitrogens with one attached hydrogen (secondary N) is 2. The van der Waals surface area contributed by atoms with Gasteiger partial charge in [-0.25, -0.2) is 9.18 Å². The molecule has 1 heterocycles. The molecule has 0 radical (unpaired) electrons. The Kier molecular flexibility index (Phi) is 6.54. The van der Waals surface area contributed by atoms with E-state index in [0.29, 0.717) is 26.2 Å². The Labute approximate surface area is 141 Å². The van der Waals surface area contributed by atoms with Gasteiger partial charge in [0.15, 0.2) is 0 Å². The van der Waals surface area contributed by atoms with E-state index in [1.807, 2.05) is 6.92 Å². The van der Waals surface area contributed by atoms with E-state index in [1.165, 1.54) is 12.1 Å². The lowest BCUT2D eigenvalue weighted by molar-refractivity contribution is -0.126. The number of urea groups is 1. The summed E-state index contributed by atoms with van der Waals surface area (Å²) < 4.78 is 13.6. The Morgan fingerprint density at radius 3 is 2.88 bits per heavy atom. The summed E-state index contributed by atoms with van der Waals surface area (Å²) in [4.78, 5) is 26.1. The topological polar surface area (TPSA) is 87.5 Å². The first-order chi connectivity index (χ1) is 11.5. The molecule has 7 heteroatoms. The Morgan fingerprint density at radius 2 is 2.17 bits per heavy atom. The van der Waals surface area contributed by atoms with Crippen molar-refractivity contribution >= 4 is 17.6 Å². The van der Waals surface area contributed by atoms with Crippen molar-refractivity contribution in [2.45, 2.75) is 19.8 Å². The first kappa shape index (κ1) is 18.2. The molecule has 132 valence electrons. The van der Waals surface area contributed by atoms with Crippen molar-refractivity contribution in [2.24, 2.45) is 17.6 Å². The molecule has 3 amide bonds. The molecule has 1 aromatic rings. The van der Waals surface area contributed by atoms with Gasteiger partial charge in [0.1, 0.15) is 5.82 Å². The Hall–Kier alpha value is -2.15. The van der Waals surface area contributed by atoms with Gasteiger partial charge < -0.3 is 21.3 Å². The molecule has 1 aromatic carbocycles. The van der Waals surface area contributed by atoms with E-state index in [9.17, 15) is 14.0 Å². The molecule has 0 aromatic heterocycles. The van der Waals surface area contributed by atoms with Crippen molar-refractivity contribution in [3.63, 3.8) is 0 Å². The molecule has 1 aliphatic heterocycles. The molecule has 0 saturated carbocycles. The summed E-state index contributed by atoms with van der Waals surface area (Å²) in [6, 6.07) is 5.64. The third-order valence-corrected chi connectivity index (χ3v) is 4.22. The molecule has 2 atom stereocenters. The minimum Gasteiger partial charge on any atom is -0.355 e. The lowest BCUT2D eigenvalue weighted by Crippen LogP contribution is -2.47. The van der Waals surface area contributed by atoms with Crippen molar-refractivity contribution in [2.75, 3.05) is 31.5 Å². The van der Waals surface area contributed by atoms with E-state index >= 15 is 0 Å². The lowest BCUT2D eigenvalue weighted by Gasteiger charge is -2.32. The lowest BCUT2D eigenvalue weighted by atomic mass is 9.97. The van der Waals surface area contributed by atoms with Gasteiger partial charge in [0.05, 0.1) is 11.6 Å². The molecule has 0 spiro atoms. The zero-order valence-corrected chi connectivity index (χ0v) is 13.9. The van der Waals surface area contributed by atoms with Crippen LogP contribution in [-0.4, -0.2) is 43.0 Å². The first-order valence-electron chi connectivity index (χ1n) is 8.29. The highest BCUT2D eigenvalue weighted by Crippen LogP contribution is 2.19. The number of nitrogens with zero attached hydrogens (tertiary/aromatic N) is 1. The highest BCUT2D eigenvalue weighted by Gasteiger charge is 2.28. The molecule has 0 bridgehead atoms. The SMILES string of the molecule is CC(CN)CNC(=O)C1CCCN(C(=O)Nc2ccccc2F)C1. The number of hydrogen-bond donors (Lipinski definition) is 3. The average molecular weight is 336 g/mol. The summed E-state index contributed by atoms with van der Waals surface area (Å²) in [6.45, 7) is 3.91. The molecule has 24 heavy (non-hydrogen) atoms. The van der Waals surface area contributed by atoms with E-state index in [1.54, 1.807) is 17.0 Å². The van der Waals surface area contributed by atoms with Gasteiger partial charge in [-0.2, -0.15) is 0 Å². The number of carbonyl (C=O) groups excluding carboxylic acids is 2. The van der Waals surface area contributed by atoms with E-state index in [4.69, 9.17) is 5.73 Å². The normalized spacial score (nSPS) is 18.8. The van der Waals surface area contributed by atoms with Crippen LogP contribution >= 0.6 is 0 Å². The number of nitrogens with two attached hydrogens (primary N) is 1. The smallest absolute Gasteiger partial charge is 0.321 e. The van der Waals surface area contributed by atoms with Gasteiger partial charge in [-0.3, -0.25) is 4.79 Å². The Morgan fingerprint density at radius 1 is 1.42 bits per heavy atom. The van der Waals surface area contributed by atoms with Gasteiger partial charge in [0.2, 0.25) is 5.91 Å². The van der Waals surface area contributed by atoms with Gasteiger partial charge in [0.25, 0.3) is 0 Å². The van der Waals surface area contributed by atoms with Gasteiger partial charge in [-0.1, -0.05) is 19.1 Å². The largest absolute Gasteiger partial charge is 0.355 e. The third kappa shape index (κ3) is 4.92. The minimum absolute atomic E-state index is 0.0568. The van der Waals surface area contributed by atoms with Crippen molar-refractivity contribution in [3.05, 3.63) is 30.1 Å². The number of rotatable bonds is 5. The van der Waals surface area contributed by atoms with Gasteiger partial charge in [0, 0.05) is 19.6 Å². The number of piperidine rings is 1. The zero-order valence-electron chi connectivity index (χ0n) is 13.9. The van der Waals surface area contributed by atoms with Gasteiger partial charge >= 0.3 is 6.03 Å². The molecule has 2 rings (SSSR count). The highest BCUT2D eigenvalue weighted by atomic mass is 19.1. The van der Waals surface area contributed by atoms with Crippen LogP contribution in [0.1, 0.15) is 19.8 Å². The Bertz CT molecular complexity index is 581. The first-order valence-corrected chi connectivity index (χ1v) is 8.29. The number of likely N-dealkylation sites (tertiary alicyclic amines) is 1. The summed E-state index contributed by atoms with van der Waals surface area (Å²) in [5.74, 6) is -0.556. The molecule has 4 N–H and O–H groups in total. The second-order valence-electron chi connectivity index (χ2n) is 6.28. The molecule has 2 unspecified atom stereocenters. The highest BCUT2D eigenvalue weighted by molar-refractivity contribution is 5.90. The number of amides is 3. The Balaban J connectivity index is 1.89. The maximum absolute atomic E-state index is 13.6. The van der Waals surface area contributed by atoms with E-state index < -0.39 is 5.82 Å². The second kappa shape index (κ2) is 8.63. The molecule has 1 fully saturated rings. The van der Waals surface area contributed by atoms with Crippen LogP contribution in [0.5, 0.6) is 0 Å². The van der Waals surface area contributed by atoms with E-state index in [2.05, 4.69) is 10.6 Å². The maximum Gasteiger partial charge on any atom is 0.321 e. The van der Waals surface area contributed by atoms with Crippen LogP contribution < -0.4 is 16.4 Å². The van der Waals surface area contributed by atoms with Crippen LogP contribution in [0.25, 0.3) is 0 Å². The van der Waals surface area contributed by atoms with Crippen LogP contribution in [-0.2, 0) is 4.79 Å². The number of carbonyl (C=O) groups is 2. The monoisotopic (exact) mass is 336 g/mol. The molecule has 1 aliphatic rings. The van der Waals surface area contributed by atoms with E-state index in [-0.39, 0.29) is 29.5 Å². The van der Waals surface area contributed by atoms with Gasteiger partial charge in [-0.05, 0) is 37.4 Å². The summed E-state index contributed by atoms with van der Waals surface area (Å²) in [6.07, 6.45) is 1.49. The van der Waals surface area contributed by atoms with Gasteiger partial charge in [-0.15, -0.1) is 0 Å². The van der Waals surface area contributed by atoms with Crippen molar-refractivity contribution < 1.29 is 14.0 Å².